The molecule has 0 bridgehead atoms. The molecule has 1 heterocycles. The summed E-state index contributed by atoms with van der Waals surface area (Å²) in [6, 6.07) is 3.06. The fourth-order valence-electron chi connectivity index (χ4n) is 1.65. The average Bonchev–Trinajstić information content (AvgIpc) is 2.83. The van der Waals surface area contributed by atoms with Crippen molar-refractivity contribution in [3.05, 3.63) is 51.5 Å². The number of carbonyl (C=O) groups excluding carboxylic acids is 1. The number of aromatic nitrogens is 1. The Labute approximate surface area is 119 Å². The van der Waals surface area contributed by atoms with E-state index in [1.54, 1.807) is 16.8 Å². The first-order chi connectivity index (χ1) is 9.58. The Kier molecular flexibility index (Phi) is 4.92. The van der Waals surface area contributed by atoms with Gasteiger partial charge in [-0.3, -0.25) is 4.79 Å². The summed E-state index contributed by atoms with van der Waals surface area (Å²) in [6.07, 6.45) is 0.682. The number of carbonyl (C=O) groups is 1. The van der Waals surface area contributed by atoms with E-state index in [2.05, 4.69) is 4.98 Å². The fraction of sp³-hybridized carbons (Fsp3) is 0.286. The molecule has 3 nitrogen and oxygen atoms in total. The topological polar surface area (TPSA) is 39.2 Å². The van der Waals surface area contributed by atoms with Crippen molar-refractivity contribution in [2.75, 3.05) is 13.2 Å². The van der Waals surface area contributed by atoms with Gasteiger partial charge in [0.25, 0.3) is 0 Å². The Morgan fingerprint density at radius 3 is 2.80 bits per heavy atom. The number of ether oxygens (including phenoxy) is 1. The second kappa shape index (κ2) is 6.67. The van der Waals surface area contributed by atoms with Gasteiger partial charge in [-0.25, -0.2) is 13.8 Å². The van der Waals surface area contributed by atoms with Crippen LogP contribution in [0.4, 0.5) is 8.78 Å². The van der Waals surface area contributed by atoms with Crippen molar-refractivity contribution in [1.29, 1.82) is 0 Å². The first kappa shape index (κ1) is 14.7. The number of benzene rings is 1. The van der Waals surface area contributed by atoms with Crippen LogP contribution < -0.4 is 0 Å². The van der Waals surface area contributed by atoms with Crippen LogP contribution in [-0.2, 0) is 11.2 Å². The minimum absolute atomic E-state index is 0.109. The molecule has 2 aromatic rings. The number of thiazole rings is 1. The summed E-state index contributed by atoms with van der Waals surface area (Å²) in [7, 11) is 0. The molecule has 0 unspecified atom stereocenters. The summed E-state index contributed by atoms with van der Waals surface area (Å²) in [6.45, 7) is 2.15. The molecule has 1 aromatic carbocycles. The van der Waals surface area contributed by atoms with Gasteiger partial charge in [-0.2, -0.15) is 0 Å². The molecule has 6 heteroatoms. The molecule has 0 saturated carbocycles. The maximum Gasteiger partial charge on any atom is 0.188 e. The second-order valence-electron chi connectivity index (χ2n) is 4.22. The molecule has 0 N–H and O–H groups in total. The van der Waals surface area contributed by atoms with Gasteiger partial charge in [0.2, 0.25) is 0 Å². The van der Waals surface area contributed by atoms with E-state index in [1.807, 2.05) is 6.92 Å². The van der Waals surface area contributed by atoms with Crippen molar-refractivity contribution in [3.8, 4) is 0 Å². The molecule has 0 amide bonds. The molecule has 1 aromatic heterocycles. The summed E-state index contributed by atoms with van der Waals surface area (Å²) < 4.78 is 31.0. The van der Waals surface area contributed by atoms with Crippen LogP contribution in [0.2, 0.25) is 0 Å². The number of Topliss-reactive ketones (excluding diaryl/α,β-unsaturated/α-hetero) is 1. The van der Waals surface area contributed by atoms with Gasteiger partial charge in [0.1, 0.15) is 6.61 Å². The Hall–Kier alpha value is -1.66. The maximum atomic E-state index is 13.0. The quantitative estimate of drug-likeness (QED) is 0.607. The van der Waals surface area contributed by atoms with Crippen molar-refractivity contribution in [2.24, 2.45) is 0 Å². The van der Waals surface area contributed by atoms with E-state index in [1.165, 1.54) is 6.07 Å². The zero-order valence-electron chi connectivity index (χ0n) is 10.9. The molecular formula is C14H13F2NO2S. The zero-order valence-corrected chi connectivity index (χ0v) is 11.7. The highest BCUT2D eigenvalue weighted by molar-refractivity contribution is 7.09. The van der Waals surface area contributed by atoms with Crippen molar-refractivity contribution >= 4 is 17.1 Å². The number of ketones is 1. The average molecular weight is 297 g/mol. The highest BCUT2D eigenvalue weighted by Gasteiger charge is 2.10. The van der Waals surface area contributed by atoms with Crippen LogP contribution in [0.5, 0.6) is 0 Å². The third-order valence-electron chi connectivity index (χ3n) is 2.79. The predicted octanol–water partition coefficient (Wildman–Crippen LogP) is 3.17. The van der Waals surface area contributed by atoms with Gasteiger partial charge in [0, 0.05) is 16.9 Å². The van der Waals surface area contributed by atoms with E-state index < -0.39 is 11.6 Å². The van der Waals surface area contributed by atoms with Crippen molar-refractivity contribution in [3.63, 3.8) is 0 Å². The van der Waals surface area contributed by atoms with E-state index >= 15 is 0 Å². The molecule has 0 spiro atoms. The van der Waals surface area contributed by atoms with Crippen LogP contribution >= 0.6 is 11.3 Å². The standard InChI is InChI=1S/C14H13F2NO2S/c1-9-14(20-8-17-9)4-5-19-7-13(18)10-2-3-11(15)12(16)6-10/h2-3,6,8H,4-5,7H2,1H3. The van der Waals surface area contributed by atoms with Gasteiger partial charge in [-0.15, -0.1) is 11.3 Å². The number of rotatable bonds is 6. The molecule has 20 heavy (non-hydrogen) atoms. The highest BCUT2D eigenvalue weighted by atomic mass is 32.1. The van der Waals surface area contributed by atoms with Crippen molar-refractivity contribution in [2.45, 2.75) is 13.3 Å². The molecule has 0 atom stereocenters. The normalized spacial score (nSPS) is 10.8. The van der Waals surface area contributed by atoms with Crippen LogP contribution in [-0.4, -0.2) is 24.0 Å². The fourth-order valence-corrected chi connectivity index (χ4v) is 2.41. The number of nitrogens with zero attached hydrogens (tertiary/aromatic N) is 1. The lowest BCUT2D eigenvalue weighted by atomic mass is 10.1. The third kappa shape index (κ3) is 3.68. The summed E-state index contributed by atoms with van der Waals surface area (Å²) >= 11 is 1.54. The van der Waals surface area contributed by atoms with Crippen LogP contribution in [0.25, 0.3) is 0 Å². The minimum Gasteiger partial charge on any atom is -0.373 e. The smallest absolute Gasteiger partial charge is 0.188 e. The zero-order chi connectivity index (χ0) is 14.5. The molecule has 0 saturated heterocycles. The van der Waals surface area contributed by atoms with Crippen LogP contribution in [0.3, 0.4) is 0 Å². The van der Waals surface area contributed by atoms with E-state index in [0.717, 1.165) is 22.7 Å². The Balaban J connectivity index is 1.80. The van der Waals surface area contributed by atoms with Gasteiger partial charge < -0.3 is 4.74 Å². The molecule has 2 rings (SSSR count). The maximum absolute atomic E-state index is 13.0. The van der Waals surface area contributed by atoms with E-state index in [-0.39, 0.29) is 18.0 Å². The van der Waals surface area contributed by atoms with Crippen LogP contribution in [0.1, 0.15) is 20.9 Å². The third-order valence-corrected chi connectivity index (χ3v) is 3.79. The first-order valence-corrected chi connectivity index (χ1v) is 6.91. The number of hydrogen-bond donors (Lipinski definition) is 0. The SMILES string of the molecule is Cc1ncsc1CCOCC(=O)c1ccc(F)c(F)c1. The molecule has 0 radical (unpaired) electrons. The van der Waals surface area contributed by atoms with Crippen molar-refractivity contribution in [1.82, 2.24) is 4.98 Å². The lowest BCUT2D eigenvalue weighted by molar-refractivity contribution is 0.0765. The molecule has 0 aliphatic carbocycles. The summed E-state index contributed by atoms with van der Waals surface area (Å²) in [5.74, 6) is -2.37. The monoisotopic (exact) mass is 297 g/mol. The summed E-state index contributed by atoms with van der Waals surface area (Å²) in [5, 5.41) is 0. The van der Waals surface area contributed by atoms with E-state index in [0.29, 0.717) is 13.0 Å². The Bertz CT molecular complexity index is 613. The van der Waals surface area contributed by atoms with E-state index in [4.69, 9.17) is 4.74 Å². The minimum atomic E-state index is -1.03. The lowest BCUT2D eigenvalue weighted by Crippen LogP contribution is -2.11. The number of aryl methyl sites for hydroxylation is 1. The first-order valence-electron chi connectivity index (χ1n) is 6.03. The molecular weight excluding hydrogens is 284 g/mol. The molecule has 106 valence electrons. The van der Waals surface area contributed by atoms with Gasteiger partial charge in [0.15, 0.2) is 17.4 Å². The highest BCUT2D eigenvalue weighted by Crippen LogP contribution is 2.13. The Morgan fingerprint density at radius 1 is 1.35 bits per heavy atom. The van der Waals surface area contributed by atoms with Gasteiger partial charge in [0.05, 0.1) is 17.8 Å². The largest absolute Gasteiger partial charge is 0.373 e. The van der Waals surface area contributed by atoms with Crippen LogP contribution in [0, 0.1) is 18.6 Å². The second-order valence-corrected chi connectivity index (χ2v) is 5.15. The van der Waals surface area contributed by atoms with Crippen LogP contribution in [0.15, 0.2) is 23.7 Å². The number of halogens is 2. The molecule has 0 aliphatic rings. The van der Waals surface area contributed by atoms with Gasteiger partial charge in [-0.05, 0) is 25.1 Å². The van der Waals surface area contributed by atoms with Gasteiger partial charge >= 0.3 is 0 Å². The molecule has 0 fully saturated rings. The van der Waals surface area contributed by atoms with Gasteiger partial charge in [-0.1, -0.05) is 0 Å². The summed E-state index contributed by atoms with van der Waals surface area (Å²) in [5.41, 5.74) is 2.83. The summed E-state index contributed by atoms with van der Waals surface area (Å²) in [4.78, 5) is 16.9. The van der Waals surface area contributed by atoms with E-state index in [9.17, 15) is 13.6 Å². The lowest BCUT2D eigenvalue weighted by Gasteiger charge is -2.04. The predicted molar refractivity (Wildman–Crippen MR) is 72.1 cm³/mol. The molecule has 0 aliphatic heterocycles. The van der Waals surface area contributed by atoms with Crippen molar-refractivity contribution < 1.29 is 18.3 Å². The Morgan fingerprint density at radius 2 is 2.15 bits per heavy atom. The number of hydrogen-bond acceptors (Lipinski definition) is 4.